The zero-order valence-electron chi connectivity index (χ0n) is 7.79. The van der Waals surface area contributed by atoms with E-state index in [1.165, 1.54) is 10.6 Å². The minimum absolute atomic E-state index is 0. The Kier molecular flexibility index (Phi) is 5.85. The molecule has 1 rings (SSSR count). The second-order valence-electron chi connectivity index (χ2n) is 3.02. The van der Waals surface area contributed by atoms with Crippen molar-refractivity contribution in [3.63, 3.8) is 0 Å². The largest absolute Gasteiger partial charge is 0.344 e. The van der Waals surface area contributed by atoms with Gasteiger partial charge in [-0.15, -0.1) is 11.8 Å². The van der Waals surface area contributed by atoms with E-state index in [-0.39, 0.29) is 6.15 Å². The molecule has 3 N–H and O–H groups in total. The summed E-state index contributed by atoms with van der Waals surface area (Å²) in [6, 6.07) is 10.5. The summed E-state index contributed by atoms with van der Waals surface area (Å²) in [7, 11) is 0. The first-order chi connectivity index (χ1) is 5.29. The molecule has 0 spiro atoms. The van der Waals surface area contributed by atoms with Gasteiger partial charge in [0.25, 0.3) is 0 Å². The first-order valence-electron chi connectivity index (χ1n) is 3.97. The lowest BCUT2D eigenvalue weighted by Crippen LogP contribution is -1.89. The number of thioether (sulfide) groups is 1. The molecule has 0 aliphatic rings. The molecule has 12 heavy (non-hydrogen) atoms. The van der Waals surface area contributed by atoms with Crippen LogP contribution in [0.25, 0.3) is 0 Å². The van der Waals surface area contributed by atoms with Crippen molar-refractivity contribution in [3.05, 3.63) is 30.3 Å². The molecular weight excluding hydrogens is 166 g/mol. The third-order valence-corrected chi connectivity index (χ3v) is 2.77. The molecule has 68 valence electrons. The van der Waals surface area contributed by atoms with E-state index < -0.39 is 0 Å². The van der Waals surface area contributed by atoms with Gasteiger partial charge < -0.3 is 6.15 Å². The van der Waals surface area contributed by atoms with Crippen LogP contribution in [0.1, 0.15) is 13.8 Å². The summed E-state index contributed by atoms with van der Waals surface area (Å²) in [4.78, 5) is 1.38. The number of rotatable bonds is 3. The van der Waals surface area contributed by atoms with E-state index in [0.29, 0.717) is 0 Å². The van der Waals surface area contributed by atoms with Crippen LogP contribution in [0.4, 0.5) is 0 Å². The maximum atomic E-state index is 2.25. The number of hydrogen-bond donors (Lipinski definition) is 1. The predicted molar refractivity (Wildman–Crippen MR) is 57.0 cm³/mol. The fraction of sp³-hybridized carbons (Fsp3) is 0.400. The minimum Gasteiger partial charge on any atom is -0.344 e. The summed E-state index contributed by atoms with van der Waals surface area (Å²) in [5.74, 6) is 1.99. The zero-order chi connectivity index (χ0) is 8.10. The minimum atomic E-state index is 0. The first-order valence-corrected chi connectivity index (χ1v) is 4.95. The molecule has 0 saturated heterocycles. The van der Waals surface area contributed by atoms with Crippen molar-refractivity contribution in [1.29, 1.82) is 0 Å². The summed E-state index contributed by atoms with van der Waals surface area (Å²) >= 11 is 1.93. The Morgan fingerprint density at radius 2 is 1.75 bits per heavy atom. The van der Waals surface area contributed by atoms with Gasteiger partial charge in [-0.25, -0.2) is 0 Å². The highest BCUT2D eigenvalue weighted by atomic mass is 32.2. The van der Waals surface area contributed by atoms with Crippen LogP contribution < -0.4 is 6.15 Å². The normalized spacial score (nSPS) is 9.58. The molecule has 0 aliphatic heterocycles. The van der Waals surface area contributed by atoms with Crippen LogP contribution >= 0.6 is 11.8 Å². The Morgan fingerprint density at radius 3 is 2.25 bits per heavy atom. The van der Waals surface area contributed by atoms with E-state index >= 15 is 0 Å². The van der Waals surface area contributed by atoms with Gasteiger partial charge in [0.1, 0.15) is 0 Å². The van der Waals surface area contributed by atoms with Crippen LogP contribution in [0.15, 0.2) is 35.2 Å². The Hall–Kier alpha value is -0.470. The molecule has 0 radical (unpaired) electrons. The maximum absolute atomic E-state index is 2.25. The van der Waals surface area contributed by atoms with Gasteiger partial charge in [-0.3, -0.25) is 0 Å². The van der Waals surface area contributed by atoms with Gasteiger partial charge in [0, 0.05) is 10.6 Å². The number of hydrogen-bond acceptors (Lipinski definition) is 2. The fourth-order valence-electron chi connectivity index (χ4n) is 0.780. The second-order valence-corrected chi connectivity index (χ2v) is 4.11. The molecule has 0 bridgehead atoms. The van der Waals surface area contributed by atoms with Crippen LogP contribution in [-0.2, 0) is 0 Å². The Balaban J connectivity index is 0.00000121. The molecule has 0 saturated carbocycles. The van der Waals surface area contributed by atoms with Crippen LogP contribution in [0.5, 0.6) is 0 Å². The van der Waals surface area contributed by atoms with Crippen molar-refractivity contribution in [1.82, 2.24) is 6.15 Å². The summed E-state index contributed by atoms with van der Waals surface area (Å²) in [5, 5.41) is 0. The van der Waals surface area contributed by atoms with Gasteiger partial charge in [-0.1, -0.05) is 32.0 Å². The van der Waals surface area contributed by atoms with Gasteiger partial charge in [-0.2, -0.15) is 0 Å². The first kappa shape index (κ1) is 11.5. The van der Waals surface area contributed by atoms with E-state index in [1.807, 2.05) is 11.8 Å². The molecule has 0 atom stereocenters. The van der Waals surface area contributed by atoms with E-state index in [0.717, 1.165) is 5.92 Å². The molecule has 1 nitrogen and oxygen atoms in total. The Bertz CT molecular complexity index is 196. The van der Waals surface area contributed by atoms with Gasteiger partial charge in [0.05, 0.1) is 0 Å². The quantitative estimate of drug-likeness (QED) is 0.727. The maximum Gasteiger partial charge on any atom is 0.00720 e. The zero-order valence-corrected chi connectivity index (χ0v) is 8.60. The summed E-state index contributed by atoms with van der Waals surface area (Å²) < 4.78 is 0. The standard InChI is InChI=1S/C10H14S.H3N/c1-9(2)8-11-10-6-4-3-5-7-10;/h3-7,9H,8H2,1-2H3;1H3. The van der Waals surface area contributed by atoms with Crippen molar-refractivity contribution < 1.29 is 0 Å². The van der Waals surface area contributed by atoms with Crippen molar-refractivity contribution in [3.8, 4) is 0 Å². The van der Waals surface area contributed by atoms with Gasteiger partial charge in [0.15, 0.2) is 0 Å². The fourth-order valence-corrected chi connectivity index (χ4v) is 1.65. The number of benzene rings is 1. The van der Waals surface area contributed by atoms with Gasteiger partial charge in [-0.05, 0) is 18.1 Å². The van der Waals surface area contributed by atoms with Crippen molar-refractivity contribution in [2.24, 2.45) is 5.92 Å². The molecule has 0 aliphatic carbocycles. The van der Waals surface area contributed by atoms with E-state index in [1.54, 1.807) is 0 Å². The third kappa shape index (κ3) is 4.42. The van der Waals surface area contributed by atoms with Crippen molar-refractivity contribution in [2.75, 3.05) is 5.75 Å². The van der Waals surface area contributed by atoms with Crippen LogP contribution in [0, 0.1) is 5.92 Å². The molecule has 0 heterocycles. The SMILES string of the molecule is CC(C)CSc1ccccc1.N. The topological polar surface area (TPSA) is 35.0 Å². The summed E-state index contributed by atoms with van der Waals surface area (Å²) in [6.07, 6.45) is 0. The van der Waals surface area contributed by atoms with E-state index in [9.17, 15) is 0 Å². The Morgan fingerprint density at radius 1 is 1.17 bits per heavy atom. The third-order valence-electron chi connectivity index (χ3n) is 1.33. The molecule has 0 unspecified atom stereocenters. The second kappa shape index (κ2) is 6.09. The van der Waals surface area contributed by atoms with Crippen LogP contribution in [0.3, 0.4) is 0 Å². The summed E-state index contributed by atoms with van der Waals surface area (Å²) in [6.45, 7) is 4.49. The average molecular weight is 183 g/mol. The monoisotopic (exact) mass is 183 g/mol. The lowest BCUT2D eigenvalue weighted by molar-refractivity contribution is 0.750. The Labute approximate surface area is 79.2 Å². The highest BCUT2D eigenvalue weighted by molar-refractivity contribution is 7.99. The molecule has 2 heteroatoms. The smallest absolute Gasteiger partial charge is 0.00720 e. The molecule has 0 fully saturated rings. The highest BCUT2D eigenvalue weighted by Crippen LogP contribution is 2.19. The van der Waals surface area contributed by atoms with Crippen molar-refractivity contribution >= 4 is 11.8 Å². The average Bonchev–Trinajstić information content (AvgIpc) is 2.03. The van der Waals surface area contributed by atoms with Crippen LogP contribution in [0.2, 0.25) is 0 Å². The molecule has 0 amide bonds. The van der Waals surface area contributed by atoms with Gasteiger partial charge in [0.2, 0.25) is 0 Å². The van der Waals surface area contributed by atoms with E-state index in [2.05, 4.69) is 44.2 Å². The van der Waals surface area contributed by atoms with Gasteiger partial charge >= 0.3 is 0 Å². The predicted octanol–water partition coefficient (Wildman–Crippen LogP) is 3.60. The molecular formula is C10H17NS. The van der Waals surface area contributed by atoms with E-state index in [4.69, 9.17) is 0 Å². The molecule has 1 aromatic carbocycles. The van der Waals surface area contributed by atoms with Crippen LogP contribution in [-0.4, -0.2) is 5.75 Å². The lowest BCUT2D eigenvalue weighted by Gasteiger charge is -2.02. The van der Waals surface area contributed by atoms with Crippen molar-refractivity contribution in [2.45, 2.75) is 18.7 Å². The highest BCUT2D eigenvalue weighted by Gasteiger charge is 1.94. The summed E-state index contributed by atoms with van der Waals surface area (Å²) in [5.41, 5.74) is 0. The lowest BCUT2D eigenvalue weighted by atomic mass is 10.3. The molecule has 0 aromatic heterocycles. The molecule has 1 aromatic rings.